The van der Waals surface area contributed by atoms with E-state index in [1.165, 1.54) is 12.8 Å². The Morgan fingerprint density at radius 3 is 2.60 bits per heavy atom. The molecule has 20 heavy (non-hydrogen) atoms. The molecule has 1 aromatic rings. The lowest BCUT2D eigenvalue weighted by atomic mass is 10.1. The Hall–Kier alpha value is -1.38. The zero-order valence-electron chi connectivity index (χ0n) is 11.6. The van der Waals surface area contributed by atoms with Crippen molar-refractivity contribution in [2.45, 2.75) is 38.5 Å². The number of rotatable bonds is 7. The summed E-state index contributed by atoms with van der Waals surface area (Å²) >= 11 is 0. The highest BCUT2D eigenvalue weighted by molar-refractivity contribution is 5.31. The first-order valence-corrected chi connectivity index (χ1v) is 7.50. The third-order valence-electron chi connectivity index (χ3n) is 3.91. The molecule has 0 amide bonds. The van der Waals surface area contributed by atoms with Crippen molar-refractivity contribution in [1.29, 1.82) is 0 Å². The van der Waals surface area contributed by atoms with Gasteiger partial charge in [0, 0.05) is 0 Å². The Labute approximate surface area is 118 Å². The summed E-state index contributed by atoms with van der Waals surface area (Å²) in [5, 5.41) is 0. The molecule has 0 bridgehead atoms. The zero-order valence-corrected chi connectivity index (χ0v) is 11.6. The van der Waals surface area contributed by atoms with Crippen LogP contribution in [0.15, 0.2) is 24.3 Å². The van der Waals surface area contributed by atoms with E-state index in [9.17, 15) is 8.78 Å². The number of aryl methyl sites for hydroxylation is 1. The van der Waals surface area contributed by atoms with E-state index in [0.29, 0.717) is 24.5 Å². The highest BCUT2D eigenvalue weighted by atomic mass is 19.2. The first kappa shape index (κ1) is 13.6. The summed E-state index contributed by atoms with van der Waals surface area (Å²) in [6.45, 7) is 0.500. The zero-order chi connectivity index (χ0) is 13.9. The van der Waals surface area contributed by atoms with Crippen molar-refractivity contribution in [1.82, 2.24) is 0 Å². The van der Waals surface area contributed by atoms with E-state index in [1.54, 1.807) is 12.1 Å². The summed E-state index contributed by atoms with van der Waals surface area (Å²) in [7, 11) is 0. The van der Waals surface area contributed by atoms with Crippen LogP contribution in [0.2, 0.25) is 0 Å². The largest absolute Gasteiger partial charge is 0.490 e. The molecule has 1 aromatic carbocycles. The summed E-state index contributed by atoms with van der Waals surface area (Å²) in [5.41, 5.74) is 0.432. The molecule has 1 nitrogen and oxygen atoms in total. The first-order valence-electron chi connectivity index (χ1n) is 7.50. The lowest BCUT2D eigenvalue weighted by molar-refractivity contribution is 0.279. The molecule has 0 N–H and O–H groups in total. The van der Waals surface area contributed by atoms with Crippen LogP contribution < -0.4 is 4.74 Å². The molecule has 0 spiro atoms. The van der Waals surface area contributed by atoms with Crippen molar-refractivity contribution in [3.63, 3.8) is 0 Å². The van der Waals surface area contributed by atoms with Gasteiger partial charge in [0.15, 0.2) is 11.6 Å². The standard InChI is InChI=1S/C17H20F2O/c18-16-14(4-2-1-3-12-5-6-12)9-10-15(17(16)19)20-11-13-7-8-13/h1,3,9-10,12-13H,2,4-8,11H2/b3-1+. The summed E-state index contributed by atoms with van der Waals surface area (Å²) in [5.74, 6) is -0.279. The molecule has 0 aromatic heterocycles. The fraction of sp³-hybridized carbons (Fsp3) is 0.529. The van der Waals surface area contributed by atoms with Crippen LogP contribution in [0.1, 0.15) is 37.7 Å². The maximum atomic E-state index is 13.9. The Bertz CT molecular complexity index is 502. The number of hydrogen-bond donors (Lipinski definition) is 0. The van der Waals surface area contributed by atoms with Crippen molar-refractivity contribution in [2.24, 2.45) is 11.8 Å². The minimum atomic E-state index is -0.839. The second kappa shape index (κ2) is 5.94. The molecule has 2 aliphatic carbocycles. The fourth-order valence-electron chi connectivity index (χ4n) is 2.18. The van der Waals surface area contributed by atoms with E-state index in [0.717, 1.165) is 25.2 Å². The molecule has 0 heterocycles. The van der Waals surface area contributed by atoms with Crippen LogP contribution in [0.5, 0.6) is 5.75 Å². The molecule has 0 radical (unpaired) electrons. The maximum absolute atomic E-state index is 13.9. The van der Waals surface area contributed by atoms with Crippen LogP contribution in [-0.2, 0) is 6.42 Å². The third-order valence-corrected chi connectivity index (χ3v) is 3.91. The number of hydrogen-bond acceptors (Lipinski definition) is 1. The summed E-state index contributed by atoms with van der Waals surface area (Å²) in [4.78, 5) is 0. The molecule has 108 valence electrons. The van der Waals surface area contributed by atoms with Gasteiger partial charge in [-0.15, -0.1) is 0 Å². The number of halogens is 2. The van der Waals surface area contributed by atoms with E-state index in [2.05, 4.69) is 12.2 Å². The normalized spacial score (nSPS) is 18.7. The van der Waals surface area contributed by atoms with E-state index in [-0.39, 0.29) is 5.75 Å². The summed E-state index contributed by atoms with van der Waals surface area (Å²) < 4.78 is 33.1. The van der Waals surface area contributed by atoms with Crippen molar-refractivity contribution in [2.75, 3.05) is 6.61 Å². The molecule has 0 aliphatic heterocycles. The van der Waals surface area contributed by atoms with E-state index in [1.807, 2.05) is 0 Å². The molecule has 2 aliphatic rings. The SMILES string of the molecule is Fc1c(CC/C=C/C2CC2)ccc(OCC2CC2)c1F. The fourth-order valence-corrected chi connectivity index (χ4v) is 2.18. The Balaban J connectivity index is 1.57. The van der Waals surface area contributed by atoms with Gasteiger partial charge in [0.05, 0.1) is 6.61 Å². The molecule has 2 saturated carbocycles. The summed E-state index contributed by atoms with van der Waals surface area (Å²) in [6.07, 6.45) is 10.4. The van der Waals surface area contributed by atoms with Gasteiger partial charge in [-0.05, 0) is 62.0 Å². The molecular formula is C17H20F2O. The predicted molar refractivity (Wildman–Crippen MR) is 74.8 cm³/mol. The van der Waals surface area contributed by atoms with Crippen LogP contribution >= 0.6 is 0 Å². The van der Waals surface area contributed by atoms with Crippen molar-refractivity contribution in [3.05, 3.63) is 41.5 Å². The first-order chi connectivity index (χ1) is 9.74. The molecule has 0 unspecified atom stereocenters. The van der Waals surface area contributed by atoms with Crippen molar-refractivity contribution < 1.29 is 13.5 Å². The monoisotopic (exact) mass is 278 g/mol. The molecule has 0 atom stereocenters. The van der Waals surface area contributed by atoms with Crippen LogP contribution in [-0.4, -0.2) is 6.61 Å². The Morgan fingerprint density at radius 2 is 1.90 bits per heavy atom. The number of benzene rings is 1. The average molecular weight is 278 g/mol. The summed E-state index contributed by atoms with van der Waals surface area (Å²) in [6, 6.07) is 3.20. The highest BCUT2D eigenvalue weighted by Gasteiger charge is 2.23. The number of allylic oxidation sites excluding steroid dienone is 2. The van der Waals surface area contributed by atoms with Crippen LogP contribution in [0.25, 0.3) is 0 Å². The van der Waals surface area contributed by atoms with Crippen LogP contribution in [0, 0.1) is 23.5 Å². The topological polar surface area (TPSA) is 9.23 Å². The van der Waals surface area contributed by atoms with Crippen LogP contribution in [0.4, 0.5) is 8.78 Å². The number of ether oxygens (including phenoxy) is 1. The lowest BCUT2D eigenvalue weighted by Gasteiger charge is -2.09. The van der Waals surface area contributed by atoms with Gasteiger partial charge in [-0.2, -0.15) is 4.39 Å². The van der Waals surface area contributed by atoms with Gasteiger partial charge in [-0.25, -0.2) is 4.39 Å². The molecule has 3 heteroatoms. The van der Waals surface area contributed by atoms with Crippen molar-refractivity contribution in [3.8, 4) is 5.75 Å². The predicted octanol–water partition coefficient (Wildman–Crippen LogP) is 4.65. The minimum absolute atomic E-state index is 0.0478. The molecule has 0 saturated heterocycles. The molecule has 3 rings (SSSR count). The van der Waals surface area contributed by atoms with Gasteiger partial charge in [0.1, 0.15) is 0 Å². The van der Waals surface area contributed by atoms with Gasteiger partial charge in [-0.3, -0.25) is 0 Å². The van der Waals surface area contributed by atoms with Crippen LogP contribution in [0.3, 0.4) is 0 Å². The maximum Gasteiger partial charge on any atom is 0.200 e. The van der Waals surface area contributed by atoms with Gasteiger partial charge in [-0.1, -0.05) is 18.2 Å². The second-order valence-electron chi connectivity index (χ2n) is 5.91. The molecular weight excluding hydrogens is 258 g/mol. The lowest BCUT2D eigenvalue weighted by Crippen LogP contribution is -2.03. The third kappa shape index (κ3) is 3.59. The van der Waals surface area contributed by atoms with E-state index in [4.69, 9.17) is 4.74 Å². The van der Waals surface area contributed by atoms with Gasteiger partial charge >= 0.3 is 0 Å². The van der Waals surface area contributed by atoms with Gasteiger partial charge < -0.3 is 4.74 Å². The van der Waals surface area contributed by atoms with Gasteiger partial charge in [0.25, 0.3) is 0 Å². The van der Waals surface area contributed by atoms with E-state index < -0.39 is 11.6 Å². The van der Waals surface area contributed by atoms with E-state index >= 15 is 0 Å². The quantitative estimate of drug-likeness (QED) is 0.659. The van der Waals surface area contributed by atoms with Crippen molar-refractivity contribution >= 4 is 0 Å². The second-order valence-corrected chi connectivity index (χ2v) is 5.91. The Kier molecular flexibility index (Phi) is 4.04. The smallest absolute Gasteiger partial charge is 0.200 e. The average Bonchev–Trinajstić information content (AvgIpc) is 3.32. The van der Waals surface area contributed by atoms with Gasteiger partial charge in [0.2, 0.25) is 5.82 Å². The highest BCUT2D eigenvalue weighted by Crippen LogP contribution is 2.32. The molecule has 2 fully saturated rings. The Morgan fingerprint density at radius 1 is 1.10 bits per heavy atom. The minimum Gasteiger partial charge on any atom is -0.490 e.